The Morgan fingerprint density at radius 3 is 2.60 bits per heavy atom. The normalized spacial score (nSPS) is 20.1. The quantitative estimate of drug-likeness (QED) is 0.458. The largest absolute Gasteiger partial charge is 0.251 e. The molecule has 0 unspecified atom stereocenters. The highest BCUT2D eigenvalue weighted by Gasteiger charge is 2.10. The lowest BCUT2D eigenvalue weighted by Gasteiger charge is -2.11. The third kappa shape index (κ3) is 2.93. The molecular weight excluding hydrogens is 142 g/mol. The molecule has 10 heavy (non-hydrogen) atoms. The smallest absolute Gasteiger partial charge is 0.00898 e. The van der Waals surface area contributed by atoms with E-state index in [-0.39, 0.29) is 0 Å². The third-order valence-corrected chi connectivity index (χ3v) is 3.04. The Labute approximate surface area is 68.3 Å². The molecule has 0 bridgehead atoms. The van der Waals surface area contributed by atoms with Crippen molar-refractivity contribution in [1.29, 1.82) is 0 Å². The summed E-state index contributed by atoms with van der Waals surface area (Å²) in [5, 5.41) is 0. The molecule has 0 N–H and O–H groups in total. The van der Waals surface area contributed by atoms with Gasteiger partial charge in [0.25, 0.3) is 0 Å². The van der Waals surface area contributed by atoms with E-state index in [1.807, 2.05) is 11.9 Å². The summed E-state index contributed by atoms with van der Waals surface area (Å²) in [6, 6.07) is 0. The summed E-state index contributed by atoms with van der Waals surface area (Å²) in [4.78, 5) is 0. The first-order chi connectivity index (χ1) is 4.93. The van der Waals surface area contributed by atoms with Crippen LogP contribution in [0.3, 0.4) is 0 Å². The molecule has 0 aromatic heterocycles. The summed E-state index contributed by atoms with van der Waals surface area (Å²) < 4.78 is 2.51. The fourth-order valence-corrected chi connectivity index (χ4v) is 2.35. The van der Waals surface area contributed by atoms with Crippen molar-refractivity contribution in [3.8, 4) is 0 Å². The van der Waals surface area contributed by atoms with Crippen LogP contribution in [0.1, 0.15) is 32.6 Å². The minimum Gasteiger partial charge on any atom is -0.251 e. The first-order valence-corrected chi connectivity index (χ1v) is 5.25. The van der Waals surface area contributed by atoms with Gasteiger partial charge in [0.05, 0.1) is 0 Å². The summed E-state index contributed by atoms with van der Waals surface area (Å²) >= 11 is 2.04. The van der Waals surface area contributed by atoms with Crippen LogP contribution in [0.25, 0.3) is 0 Å². The predicted molar refractivity (Wildman–Crippen MR) is 48.2 cm³/mol. The lowest BCUT2D eigenvalue weighted by molar-refractivity contribution is 0.585. The van der Waals surface area contributed by atoms with Gasteiger partial charge in [-0.2, -0.15) is 0 Å². The molecule has 0 atom stereocenters. The van der Waals surface area contributed by atoms with Crippen molar-refractivity contribution in [1.82, 2.24) is 4.31 Å². The second-order valence-corrected chi connectivity index (χ2v) is 4.01. The van der Waals surface area contributed by atoms with Crippen LogP contribution in [-0.4, -0.2) is 23.1 Å². The number of hydrogen-bond donors (Lipinski definition) is 0. The lowest BCUT2D eigenvalue weighted by atomic mass is 10.4. The Balaban J connectivity index is 1.91. The van der Waals surface area contributed by atoms with Crippen LogP contribution < -0.4 is 0 Å². The van der Waals surface area contributed by atoms with Crippen molar-refractivity contribution in [2.24, 2.45) is 0 Å². The van der Waals surface area contributed by atoms with E-state index >= 15 is 0 Å². The Morgan fingerprint density at radius 1 is 1.30 bits per heavy atom. The molecule has 1 heterocycles. The zero-order valence-electron chi connectivity index (χ0n) is 6.81. The molecule has 0 spiro atoms. The highest BCUT2D eigenvalue weighted by Crippen LogP contribution is 2.18. The van der Waals surface area contributed by atoms with Gasteiger partial charge in [0.1, 0.15) is 0 Å². The molecule has 0 saturated carbocycles. The summed E-state index contributed by atoms with van der Waals surface area (Å²) in [5.74, 6) is 1.33. The van der Waals surface area contributed by atoms with Crippen molar-refractivity contribution in [3.63, 3.8) is 0 Å². The fourth-order valence-electron chi connectivity index (χ4n) is 1.16. The predicted octanol–water partition coefficient (Wildman–Crippen LogP) is 2.53. The van der Waals surface area contributed by atoms with E-state index in [1.54, 1.807) is 0 Å². The molecule has 1 saturated heterocycles. The molecule has 2 heteroatoms. The van der Waals surface area contributed by atoms with Crippen LogP contribution in [0.2, 0.25) is 0 Å². The van der Waals surface area contributed by atoms with Gasteiger partial charge in [0.2, 0.25) is 0 Å². The molecule has 1 aliphatic rings. The van der Waals surface area contributed by atoms with E-state index in [4.69, 9.17) is 0 Å². The monoisotopic (exact) mass is 159 g/mol. The van der Waals surface area contributed by atoms with Gasteiger partial charge in [-0.15, -0.1) is 0 Å². The second-order valence-electron chi connectivity index (χ2n) is 2.82. The van der Waals surface area contributed by atoms with Gasteiger partial charge in [0.15, 0.2) is 0 Å². The van der Waals surface area contributed by atoms with E-state index in [1.165, 1.54) is 44.5 Å². The third-order valence-electron chi connectivity index (χ3n) is 1.84. The zero-order chi connectivity index (χ0) is 7.23. The van der Waals surface area contributed by atoms with E-state index in [0.29, 0.717) is 0 Å². The summed E-state index contributed by atoms with van der Waals surface area (Å²) in [7, 11) is 0. The Hall–Kier alpha value is 0.310. The van der Waals surface area contributed by atoms with Crippen LogP contribution in [0, 0.1) is 0 Å². The molecule has 0 aromatic rings. The van der Waals surface area contributed by atoms with Gasteiger partial charge in [0, 0.05) is 18.8 Å². The molecule has 1 nitrogen and oxygen atoms in total. The molecule has 1 aliphatic heterocycles. The molecule has 1 rings (SSSR count). The van der Waals surface area contributed by atoms with Gasteiger partial charge in [-0.3, -0.25) is 4.31 Å². The molecule has 60 valence electrons. The SMILES string of the molecule is CCCCSN1CCCC1. The standard InChI is InChI=1S/C8H17NS/c1-2-3-8-10-9-6-4-5-7-9/h2-8H2,1H3. The molecule has 0 radical (unpaired) electrons. The summed E-state index contributed by atoms with van der Waals surface area (Å²) in [6.45, 7) is 4.91. The Kier molecular flexibility index (Phi) is 4.23. The number of nitrogens with zero attached hydrogens (tertiary/aromatic N) is 1. The fraction of sp³-hybridized carbons (Fsp3) is 1.00. The topological polar surface area (TPSA) is 3.24 Å². The lowest BCUT2D eigenvalue weighted by Crippen LogP contribution is -2.09. The average molecular weight is 159 g/mol. The van der Waals surface area contributed by atoms with Gasteiger partial charge in [-0.25, -0.2) is 0 Å². The van der Waals surface area contributed by atoms with Gasteiger partial charge in [-0.05, 0) is 19.3 Å². The maximum absolute atomic E-state index is 2.51. The van der Waals surface area contributed by atoms with Gasteiger partial charge < -0.3 is 0 Å². The first-order valence-electron chi connectivity index (χ1n) is 4.31. The van der Waals surface area contributed by atoms with Crippen LogP contribution in [-0.2, 0) is 0 Å². The van der Waals surface area contributed by atoms with E-state index in [9.17, 15) is 0 Å². The van der Waals surface area contributed by atoms with Crippen LogP contribution in [0.15, 0.2) is 0 Å². The van der Waals surface area contributed by atoms with Crippen LogP contribution in [0.4, 0.5) is 0 Å². The number of hydrogen-bond acceptors (Lipinski definition) is 2. The minimum absolute atomic E-state index is 1.33. The highest BCUT2D eigenvalue weighted by atomic mass is 32.2. The molecule has 1 fully saturated rings. The van der Waals surface area contributed by atoms with Crippen molar-refractivity contribution in [2.75, 3.05) is 18.8 Å². The molecule has 0 aromatic carbocycles. The second kappa shape index (κ2) is 5.03. The number of unbranched alkanes of at least 4 members (excludes halogenated alkanes) is 1. The summed E-state index contributed by atoms with van der Waals surface area (Å²) in [5.41, 5.74) is 0. The molecule has 0 amide bonds. The van der Waals surface area contributed by atoms with Crippen LogP contribution >= 0.6 is 11.9 Å². The van der Waals surface area contributed by atoms with E-state index in [0.717, 1.165) is 0 Å². The van der Waals surface area contributed by atoms with Crippen molar-refractivity contribution in [2.45, 2.75) is 32.6 Å². The van der Waals surface area contributed by atoms with Crippen molar-refractivity contribution >= 4 is 11.9 Å². The maximum Gasteiger partial charge on any atom is 0.00898 e. The Morgan fingerprint density at radius 2 is 2.00 bits per heavy atom. The van der Waals surface area contributed by atoms with E-state index in [2.05, 4.69) is 11.2 Å². The molecule has 0 aliphatic carbocycles. The Bertz CT molecular complexity index is 79.3. The van der Waals surface area contributed by atoms with Gasteiger partial charge in [-0.1, -0.05) is 25.3 Å². The highest BCUT2D eigenvalue weighted by molar-refractivity contribution is 7.97. The maximum atomic E-state index is 2.51. The zero-order valence-corrected chi connectivity index (χ0v) is 7.62. The minimum atomic E-state index is 1.33. The van der Waals surface area contributed by atoms with Crippen molar-refractivity contribution < 1.29 is 0 Å². The summed E-state index contributed by atoms with van der Waals surface area (Å²) in [6.07, 6.45) is 5.54. The first kappa shape index (κ1) is 8.41. The van der Waals surface area contributed by atoms with Gasteiger partial charge >= 0.3 is 0 Å². The van der Waals surface area contributed by atoms with E-state index < -0.39 is 0 Å². The van der Waals surface area contributed by atoms with Crippen LogP contribution in [0.5, 0.6) is 0 Å². The van der Waals surface area contributed by atoms with Crippen molar-refractivity contribution in [3.05, 3.63) is 0 Å². The average Bonchev–Trinajstić information content (AvgIpc) is 2.41. The molecular formula is C8H17NS. The number of rotatable bonds is 4.